The molecule has 3 aromatic rings. The first-order chi connectivity index (χ1) is 19.3. The smallest absolute Gasteiger partial charge is 0.321 e. The van der Waals surface area contributed by atoms with Crippen LogP contribution in [-0.4, -0.2) is 77.8 Å². The molecule has 3 atom stereocenters. The third kappa shape index (κ3) is 6.90. The number of nitrogens with zero attached hydrogens (tertiary/aromatic N) is 3. The van der Waals surface area contributed by atoms with Gasteiger partial charge in [0.15, 0.2) is 0 Å². The van der Waals surface area contributed by atoms with Gasteiger partial charge in [0.2, 0.25) is 5.88 Å². The van der Waals surface area contributed by atoms with Gasteiger partial charge in [-0.15, -0.1) is 0 Å². The van der Waals surface area contributed by atoms with Crippen LogP contribution in [0.25, 0.3) is 0 Å². The molecule has 9 heteroatoms. The first kappa shape index (κ1) is 28.5. The highest BCUT2D eigenvalue weighted by Crippen LogP contribution is 2.27. The molecule has 1 aliphatic rings. The maximum atomic E-state index is 13.6. The number of amides is 3. The maximum Gasteiger partial charge on any atom is 0.321 e. The molecule has 9 nitrogen and oxygen atoms in total. The molecule has 3 amide bonds. The van der Waals surface area contributed by atoms with Crippen LogP contribution in [0.3, 0.4) is 0 Å². The zero-order valence-electron chi connectivity index (χ0n) is 23.1. The van der Waals surface area contributed by atoms with Crippen LogP contribution >= 0.6 is 0 Å². The van der Waals surface area contributed by atoms with E-state index >= 15 is 0 Å². The summed E-state index contributed by atoms with van der Waals surface area (Å²) in [5, 5.41) is 12.8. The van der Waals surface area contributed by atoms with Gasteiger partial charge in [0.05, 0.1) is 26.3 Å². The minimum atomic E-state index is -0.477. The standard InChI is InChI=1S/C31H34N4O5/c1-21-18-35(22(2)20-36)30(37)27-15-24(14-13-23-9-6-5-7-10-23)17-32-29(27)40-28(21)19-34(3)31(38)33-25-11-8-12-26(16-25)39-4/h5-12,15-17,21-22,28,36H,18-20H2,1-4H3,(H,33,38)/t21-,22+,28-/m1/s1. The minimum absolute atomic E-state index is 0.169. The number of benzene rings is 2. The van der Waals surface area contributed by atoms with E-state index in [9.17, 15) is 14.7 Å². The third-order valence-electron chi connectivity index (χ3n) is 6.77. The van der Waals surface area contributed by atoms with Crippen molar-refractivity contribution in [1.82, 2.24) is 14.8 Å². The molecule has 1 aromatic heterocycles. The molecule has 208 valence electrons. The quantitative estimate of drug-likeness (QED) is 0.459. The highest BCUT2D eigenvalue weighted by atomic mass is 16.5. The molecule has 2 heterocycles. The van der Waals surface area contributed by atoms with Crippen molar-refractivity contribution in [3.8, 4) is 23.5 Å². The van der Waals surface area contributed by atoms with Crippen LogP contribution in [0.5, 0.6) is 11.6 Å². The first-order valence-electron chi connectivity index (χ1n) is 13.1. The number of rotatable bonds is 6. The van der Waals surface area contributed by atoms with Crippen molar-refractivity contribution in [2.24, 2.45) is 5.92 Å². The average Bonchev–Trinajstić information content (AvgIpc) is 2.98. The molecule has 0 radical (unpaired) electrons. The average molecular weight is 543 g/mol. The Labute approximate surface area is 234 Å². The maximum absolute atomic E-state index is 13.6. The van der Waals surface area contributed by atoms with Crippen LogP contribution in [0.4, 0.5) is 10.5 Å². The number of nitrogens with one attached hydrogen (secondary N) is 1. The zero-order valence-corrected chi connectivity index (χ0v) is 23.1. The van der Waals surface area contributed by atoms with Crippen LogP contribution in [-0.2, 0) is 0 Å². The number of ether oxygens (including phenoxy) is 2. The zero-order chi connectivity index (χ0) is 28.6. The van der Waals surface area contributed by atoms with Crippen LogP contribution in [0.15, 0.2) is 66.9 Å². The van der Waals surface area contributed by atoms with Crippen molar-refractivity contribution in [1.29, 1.82) is 0 Å². The van der Waals surface area contributed by atoms with Gasteiger partial charge in [0, 0.05) is 48.6 Å². The summed E-state index contributed by atoms with van der Waals surface area (Å²) in [5.41, 5.74) is 2.28. The van der Waals surface area contributed by atoms with Gasteiger partial charge in [-0.2, -0.15) is 0 Å². The summed E-state index contributed by atoms with van der Waals surface area (Å²) in [6, 6.07) is 17.6. The number of hydrogen-bond acceptors (Lipinski definition) is 6. The number of carbonyl (C=O) groups excluding carboxylic acids is 2. The Hall–Kier alpha value is -4.55. The lowest BCUT2D eigenvalue weighted by Crippen LogP contribution is -2.50. The van der Waals surface area contributed by atoms with Crippen molar-refractivity contribution in [3.05, 3.63) is 83.6 Å². The second-order valence-corrected chi connectivity index (χ2v) is 9.86. The van der Waals surface area contributed by atoms with Gasteiger partial charge in [-0.05, 0) is 37.3 Å². The van der Waals surface area contributed by atoms with Crippen molar-refractivity contribution < 1.29 is 24.2 Å². The summed E-state index contributed by atoms with van der Waals surface area (Å²) in [6.45, 7) is 4.12. The monoisotopic (exact) mass is 542 g/mol. The van der Waals surface area contributed by atoms with E-state index in [-0.39, 0.29) is 42.5 Å². The van der Waals surface area contributed by atoms with Gasteiger partial charge in [0.1, 0.15) is 17.4 Å². The van der Waals surface area contributed by atoms with Crippen LogP contribution in [0.1, 0.15) is 35.3 Å². The van der Waals surface area contributed by atoms with Crippen molar-refractivity contribution in [2.75, 3.05) is 39.2 Å². The molecule has 0 saturated heterocycles. The number of aromatic nitrogens is 1. The SMILES string of the molecule is COc1cccc(NC(=O)N(C)C[C@H]2Oc3ncc(C#Cc4ccccc4)cc3C(=O)N([C@@H](C)CO)C[C@H]2C)c1. The van der Waals surface area contributed by atoms with Gasteiger partial charge >= 0.3 is 6.03 Å². The fourth-order valence-corrected chi connectivity index (χ4v) is 4.33. The molecule has 4 rings (SSSR count). The normalized spacial score (nSPS) is 17.2. The number of hydrogen-bond donors (Lipinski definition) is 2. The molecule has 2 N–H and O–H groups in total. The van der Waals surface area contributed by atoms with E-state index in [2.05, 4.69) is 22.1 Å². The van der Waals surface area contributed by atoms with E-state index in [0.717, 1.165) is 5.56 Å². The second kappa shape index (κ2) is 13.0. The predicted octanol–water partition coefficient (Wildman–Crippen LogP) is 3.87. The number of urea groups is 1. The van der Waals surface area contributed by atoms with E-state index in [1.54, 1.807) is 62.5 Å². The molecule has 1 aliphatic heterocycles. The molecular weight excluding hydrogens is 508 g/mol. The summed E-state index contributed by atoms with van der Waals surface area (Å²) in [6.07, 6.45) is 1.10. The Balaban J connectivity index is 1.59. The van der Waals surface area contributed by atoms with Crippen LogP contribution < -0.4 is 14.8 Å². The van der Waals surface area contributed by atoms with Crippen molar-refractivity contribution >= 4 is 17.6 Å². The van der Waals surface area contributed by atoms with Gasteiger partial charge < -0.3 is 29.7 Å². The topological polar surface area (TPSA) is 104 Å². The number of aliphatic hydroxyl groups is 1. The molecule has 2 aromatic carbocycles. The Morgan fingerprint density at radius 1 is 1.20 bits per heavy atom. The number of fused-ring (bicyclic) bond motifs is 1. The summed E-state index contributed by atoms with van der Waals surface area (Å²) in [7, 11) is 3.25. The summed E-state index contributed by atoms with van der Waals surface area (Å²) >= 11 is 0. The highest BCUT2D eigenvalue weighted by molar-refractivity contribution is 5.97. The van der Waals surface area contributed by atoms with Crippen LogP contribution in [0, 0.1) is 17.8 Å². The second-order valence-electron chi connectivity index (χ2n) is 9.86. The number of carbonyl (C=O) groups is 2. The Kier molecular flexibility index (Phi) is 9.25. The number of pyridine rings is 1. The summed E-state index contributed by atoms with van der Waals surface area (Å²) < 4.78 is 11.5. The first-order valence-corrected chi connectivity index (χ1v) is 13.1. The molecule has 0 bridgehead atoms. The minimum Gasteiger partial charge on any atom is -0.497 e. The van der Waals surface area contributed by atoms with Crippen molar-refractivity contribution in [2.45, 2.75) is 26.0 Å². The molecule has 0 unspecified atom stereocenters. The van der Waals surface area contributed by atoms with E-state index in [1.165, 1.54) is 4.90 Å². The Bertz CT molecular complexity index is 1400. The third-order valence-corrected chi connectivity index (χ3v) is 6.77. The predicted molar refractivity (Wildman–Crippen MR) is 152 cm³/mol. The van der Waals surface area contributed by atoms with E-state index < -0.39 is 12.1 Å². The Morgan fingerprint density at radius 2 is 1.95 bits per heavy atom. The molecule has 0 spiro atoms. The largest absolute Gasteiger partial charge is 0.497 e. The number of aliphatic hydroxyl groups excluding tert-OH is 1. The molecule has 40 heavy (non-hydrogen) atoms. The lowest BCUT2D eigenvalue weighted by atomic mass is 10.00. The van der Waals surface area contributed by atoms with Gasteiger partial charge in [-0.3, -0.25) is 4.79 Å². The van der Waals surface area contributed by atoms with Crippen LogP contribution in [0.2, 0.25) is 0 Å². The number of methoxy groups -OCH3 is 1. The van der Waals surface area contributed by atoms with E-state index in [0.29, 0.717) is 23.5 Å². The molecule has 0 aliphatic carbocycles. The number of anilines is 1. The lowest BCUT2D eigenvalue weighted by molar-refractivity contribution is 0.0356. The highest BCUT2D eigenvalue weighted by Gasteiger charge is 2.34. The van der Waals surface area contributed by atoms with E-state index in [4.69, 9.17) is 9.47 Å². The number of likely N-dealkylation sites (N-methyl/N-ethyl adjacent to an activating group) is 1. The lowest BCUT2D eigenvalue weighted by Gasteiger charge is -2.37. The Morgan fingerprint density at radius 3 is 2.67 bits per heavy atom. The fourth-order valence-electron chi connectivity index (χ4n) is 4.33. The molecule has 0 fully saturated rings. The fraction of sp³-hybridized carbons (Fsp3) is 0.323. The molecule has 0 saturated carbocycles. The summed E-state index contributed by atoms with van der Waals surface area (Å²) in [5.74, 6) is 6.49. The van der Waals surface area contributed by atoms with Gasteiger partial charge in [0.25, 0.3) is 5.91 Å². The van der Waals surface area contributed by atoms with Crippen molar-refractivity contribution in [3.63, 3.8) is 0 Å². The van der Waals surface area contributed by atoms with Gasteiger partial charge in [-0.25, -0.2) is 9.78 Å². The van der Waals surface area contributed by atoms with E-state index in [1.807, 2.05) is 37.3 Å². The van der Waals surface area contributed by atoms with Gasteiger partial charge in [-0.1, -0.05) is 43.0 Å². The summed E-state index contributed by atoms with van der Waals surface area (Å²) in [4.78, 5) is 34.2. The molecular formula is C31H34N4O5.